The van der Waals surface area contributed by atoms with E-state index in [0.717, 1.165) is 5.69 Å². The van der Waals surface area contributed by atoms with Gasteiger partial charge in [-0.05, 0) is 12.1 Å². The van der Waals surface area contributed by atoms with E-state index in [1.807, 2.05) is 0 Å². The van der Waals surface area contributed by atoms with E-state index in [0.29, 0.717) is 0 Å². The monoisotopic (exact) mass is 204 g/mol. The van der Waals surface area contributed by atoms with Crippen LogP contribution in [0.4, 0.5) is 0 Å². The number of rotatable bonds is 2. The van der Waals surface area contributed by atoms with Crippen LogP contribution in [-0.2, 0) is 4.74 Å². The molecule has 2 aromatic heterocycles. The van der Waals surface area contributed by atoms with Gasteiger partial charge in [0.2, 0.25) is 0 Å². The molecule has 6 heteroatoms. The Morgan fingerprint density at radius 2 is 2.13 bits per heavy atom. The Morgan fingerprint density at radius 3 is 2.80 bits per heavy atom. The molecule has 0 radical (unpaired) electrons. The summed E-state index contributed by atoms with van der Waals surface area (Å²) in [5.74, 6) is -0.517. The van der Waals surface area contributed by atoms with Crippen LogP contribution in [0.5, 0.6) is 0 Å². The molecular weight excluding hydrogens is 196 g/mol. The predicted octanol–water partition coefficient (Wildman–Crippen LogP) is 0.449. The fourth-order valence-electron chi connectivity index (χ4n) is 1.07. The third-order valence-electron chi connectivity index (χ3n) is 1.79. The molecule has 0 aliphatic heterocycles. The largest absolute Gasteiger partial charge is 0.463 e. The molecule has 0 N–H and O–H groups in total. The summed E-state index contributed by atoms with van der Waals surface area (Å²) in [6.45, 7) is 0. The molecule has 2 rings (SSSR count). The van der Waals surface area contributed by atoms with E-state index in [1.165, 1.54) is 18.1 Å². The summed E-state index contributed by atoms with van der Waals surface area (Å²) in [5, 5.41) is 3.95. The molecule has 0 saturated heterocycles. The molecule has 6 nitrogen and oxygen atoms in total. The van der Waals surface area contributed by atoms with Crippen LogP contribution in [-0.4, -0.2) is 32.8 Å². The number of aromatic nitrogens is 4. The number of hydrogen-bond donors (Lipinski definition) is 0. The fourth-order valence-corrected chi connectivity index (χ4v) is 1.07. The minimum atomic E-state index is -0.553. The zero-order valence-electron chi connectivity index (χ0n) is 7.99. The van der Waals surface area contributed by atoms with E-state index in [2.05, 4.69) is 19.8 Å². The van der Waals surface area contributed by atoms with Gasteiger partial charge in [-0.25, -0.2) is 14.5 Å². The van der Waals surface area contributed by atoms with Gasteiger partial charge in [-0.15, -0.1) is 5.10 Å². The van der Waals surface area contributed by atoms with Crippen molar-refractivity contribution in [3.63, 3.8) is 0 Å². The molecule has 76 valence electrons. The van der Waals surface area contributed by atoms with Gasteiger partial charge in [0.05, 0.1) is 12.8 Å². The summed E-state index contributed by atoms with van der Waals surface area (Å²) >= 11 is 0. The molecule has 0 aromatic carbocycles. The van der Waals surface area contributed by atoms with Crippen LogP contribution in [0.25, 0.3) is 5.69 Å². The Hall–Kier alpha value is -2.24. The number of esters is 1. The SMILES string of the molecule is COC(=O)c1ncn(-c2ccncc2)n1. The molecule has 0 bridgehead atoms. The van der Waals surface area contributed by atoms with Gasteiger partial charge in [0, 0.05) is 12.4 Å². The minimum absolute atomic E-state index is 0.0364. The van der Waals surface area contributed by atoms with Crippen molar-refractivity contribution < 1.29 is 9.53 Å². The molecular formula is C9H8N4O2. The van der Waals surface area contributed by atoms with Gasteiger partial charge in [-0.3, -0.25) is 4.98 Å². The first-order valence-electron chi connectivity index (χ1n) is 4.21. The van der Waals surface area contributed by atoms with Gasteiger partial charge < -0.3 is 4.74 Å². The fraction of sp³-hybridized carbons (Fsp3) is 0.111. The number of ether oxygens (including phenoxy) is 1. The highest BCUT2D eigenvalue weighted by molar-refractivity contribution is 5.84. The smallest absolute Gasteiger partial charge is 0.377 e. The van der Waals surface area contributed by atoms with Crippen LogP contribution >= 0.6 is 0 Å². The topological polar surface area (TPSA) is 69.9 Å². The van der Waals surface area contributed by atoms with Crippen LogP contribution in [0.15, 0.2) is 30.9 Å². The molecule has 0 aliphatic carbocycles. The molecule has 2 aromatic rings. The van der Waals surface area contributed by atoms with E-state index >= 15 is 0 Å². The van der Waals surface area contributed by atoms with Crippen molar-refractivity contribution in [3.05, 3.63) is 36.7 Å². The lowest BCUT2D eigenvalue weighted by Crippen LogP contribution is -2.05. The number of pyridine rings is 1. The molecule has 0 aliphatic rings. The first kappa shape index (κ1) is 9.32. The molecule has 2 heterocycles. The molecule has 0 amide bonds. The normalized spacial score (nSPS) is 9.93. The van der Waals surface area contributed by atoms with Crippen molar-refractivity contribution in [1.29, 1.82) is 0 Å². The van der Waals surface area contributed by atoms with Gasteiger partial charge in [0.25, 0.3) is 5.82 Å². The van der Waals surface area contributed by atoms with E-state index in [4.69, 9.17) is 0 Å². The molecule has 0 atom stereocenters. The maximum Gasteiger partial charge on any atom is 0.377 e. The van der Waals surface area contributed by atoms with Crippen LogP contribution in [0.2, 0.25) is 0 Å². The molecule has 0 fully saturated rings. The van der Waals surface area contributed by atoms with Crippen molar-refractivity contribution in [1.82, 2.24) is 19.7 Å². The average molecular weight is 204 g/mol. The Bertz CT molecular complexity index is 466. The van der Waals surface area contributed by atoms with Crippen LogP contribution in [0, 0.1) is 0 Å². The summed E-state index contributed by atoms with van der Waals surface area (Å²) < 4.78 is 5.98. The molecule has 15 heavy (non-hydrogen) atoms. The van der Waals surface area contributed by atoms with Gasteiger partial charge in [0.1, 0.15) is 6.33 Å². The van der Waals surface area contributed by atoms with Crippen molar-refractivity contribution in [2.24, 2.45) is 0 Å². The molecule has 0 unspecified atom stereocenters. The minimum Gasteiger partial charge on any atom is -0.463 e. The number of methoxy groups -OCH3 is 1. The zero-order chi connectivity index (χ0) is 10.7. The standard InChI is InChI=1S/C9H8N4O2/c1-15-9(14)8-11-6-13(12-8)7-2-4-10-5-3-7/h2-6H,1H3. The Morgan fingerprint density at radius 1 is 1.40 bits per heavy atom. The molecule has 0 saturated carbocycles. The van der Waals surface area contributed by atoms with Gasteiger partial charge >= 0.3 is 5.97 Å². The van der Waals surface area contributed by atoms with Gasteiger partial charge in [0.15, 0.2) is 0 Å². The number of nitrogens with zero attached hydrogens (tertiary/aromatic N) is 4. The Kier molecular flexibility index (Phi) is 2.40. The Labute approximate surface area is 85.5 Å². The lowest BCUT2D eigenvalue weighted by Gasteiger charge is -1.97. The van der Waals surface area contributed by atoms with E-state index in [1.54, 1.807) is 24.5 Å². The highest BCUT2D eigenvalue weighted by Crippen LogP contribution is 2.03. The van der Waals surface area contributed by atoms with Gasteiger partial charge in [-0.1, -0.05) is 0 Å². The maximum atomic E-state index is 11.1. The second kappa shape index (κ2) is 3.87. The molecule has 0 spiro atoms. The summed E-state index contributed by atoms with van der Waals surface area (Å²) in [7, 11) is 1.29. The van der Waals surface area contributed by atoms with Crippen molar-refractivity contribution in [2.45, 2.75) is 0 Å². The summed E-state index contributed by atoms with van der Waals surface area (Å²) in [6.07, 6.45) is 4.71. The Balaban J connectivity index is 2.32. The summed E-state index contributed by atoms with van der Waals surface area (Å²) in [6, 6.07) is 3.52. The summed E-state index contributed by atoms with van der Waals surface area (Å²) in [4.78, 5) is 18.8. The van der Waals surface area contributed by atoms with Gasteiger partial charge in [-0.2, -0.15) is 0 Å². The van der Waals surface area contributed by atoms with Crippen molar-refractivity contribution in [3.8, 4) is 5.69 Å². The highest BCUT2D eigenvalue weighted by atomic mass is 16.5. The third kappa shape index (κ3) is 1.83. The second-order valence-corrected chi connectivity index (χ2v) is 2.71. The van der Waals surface area contributed by atoms with Crippen molar-refractivity contribution >= 4 is 5.97 Å². The van der Waals surface area contributed by atoms with E-state index in [9.17, 15) is 4.79 Å². The van der Waals surface area contributed by atoms with E-state index in [-0.39, 0.29) is 5.82 Å². The number of hydrogen-bond acceptors (Lipinski definition) is 5. The predicted molar refractivity (Wildman–Crippen MR) is 50.5 cm³/mol. The van der Waals surface area contributed by atoms with Crippen LogP contribution in [0.3, 0.4) is 0 Å². The van der Waals surface area contributed by atoms with Crippen LogP contribution < -0.4 is 0 Å². The second-order valence-electron chi connectivity index (χ2n) is 2.71. The highest BCUT2D eigenvalue weighted by Gasteiger charge is 2.11. The lowest BCUT2D eigenvalue weighted by atomic mass is 10.4. The number of carbonyl (C=O) groups excluding carboxylic acids is 1. The first-order chi connectivity index (χ1) is 7.31. The zero-order valence-corrected chi connectivity index (χ0v) is 7.99. The van der Waals surface area contributed by atoms with E-state index < -0.39 is 5.97 Å². The average Bonchev–Trinajstić information content (AvgIpc) is 2.78. The summed E-state index contributed by atoms with van der Waals surface area (Å²) in [5.41, 5.74) is 0.785. The van der Waals surface area contributed by atoms with Crippen LogP contribution in [0.1, 0.15) is 10.6 Å². The first-order valence-corrected chi connectivity index (χ1v) is 4.21. The quantitative estimate of drug-likeness (QED) is 0.664. The third-order valence-corrected chi connectivity index (χ3v) is 1.79. The number of carbonyl (C=O) groups is 1. The lowest BCUT2D eigenvalue weighted by molar-refractivity contribution is 0.0587. The maximum absolute atomic E-state index is 11.1. The van der Waals surface area contributed by atoms with Crippen molar-refractivity contribution in [2.75, 3.05) is 7.11 Å².